The van der Waals surface area contributed by atoms with Gasteiger partial charge in [0.25, 0.3) is 10.0 Å². The second-order valence-electron chi connectivity index (χ2n) is 6.16. The van der Waals surface area contributed by atoms with Gasteiger partial charge in [0, 0.05) is 12.4 Å². The lowest BCUT2D eigenvalue weighted by atomic mass is 10.1. The van der Waals surface area contributed by atoms with E-state index >= 15 is 0 Å². The Morgan fingerprint density at radius 2 is 1.90 bits per heavy atom. The number of sulfonamides is 1. The molecule has 2 heterocycles. The highest BCUT2D eigenvalue weighted by Gasteiger charge is 2.23. The molecule has 8 nitrogen and oxygen atoms in total. The summed E-state index contributed by atoms with van der Waals surface area (Å²) in [6.45, 7) is 0.569. The van der Waals surface area contributed by atoms with Gasteiger partial charge in [-0.25, -0.2) is 8.42 Å². The van der Waals surface area contributed by atoms with Crippen LogP contribution >= 0.6 is 11.5 Å². The van der Waals surface area contributed by atoms with E-state index in [1.165, 1.54) is 24.7 Å². The molecule has 0 fully saturated rings. The lowest BCUT2D eigenvalue weighted by molar-refractivity contribution is 0.403. The molecule has 4 rings (SSSR count). The lowest BCUT2D eigenvalue weighted by Gasteiger charge is -2.11. The van der Waals surface area contributed by atoms with Crippen molar-refractivity contribution in [1.82, 2.24) is 14.2 Å². The molecule has 0 aliphatic carbocycles. The van der Waals surface area contributed by atoms with E-state index in [2.05, 4.69) is 14.2 Å². The third kappa shape index (κ3) is 3.76. The van der Waals surface area contributed by atoms with Gasteiger partial charge in [-0.05, 0) is 47.4 Å². The van der Waals surface area contributed by atoms with Crippen LogP contribution in [0.1, 0.15) is 5.56 Å². The predicted molar refractivity (Wildman–Crippen MR) is 111 cm³/mol. The van der Waals surface area contributed by atoms with Crippen LogP contribution in [0.25, 0.3) is 10.1 Å². The van der Waals surface area contributed by atoms with Crippen LogP contribution in [0.4, 0.5) is 5.82 Å². The molecule has 1 N–H and O–H groups in total. The molecule has 10 heteroatoms. The Bertz CT molecular complexity index is 1250. The Morgan fingerprint density at radius 3 is 2.62 bits per heavy atom. The highest BCUT2D eigenvalue weighted by atomic mass is 32.2. The van der Waals surface area contributed by atoms with Crippen molar-refractivity contribution in [3.05, 3.63) is 60.4 Å². The number of ether oxygens (including phenoxy) is 2. The third-order valence-electron chi connectivity index (χ3n) is 4.31. The van der Waals surface area contributed by atoms with Crippen molar-refractivity contribution in [2.24, 2.45) is 0 Å². The van der Waals surface area contributed by atoms with Crippen molar-refractivity contribution in [3.63, 3.8) is 0 Å². The summed E-state index contributed by atoms with van der Waals surface area (Å²) in [4.78, 5) is 0.0397. The number of fused-ring (bicyclic) bond motifs is 1. The average Bonchev–Trinajstić information content (AvgIpc) is 3.37. The number of hydrogen-bond acceptors (Lipinski definition) is 7. The Morgan fingerprint density at radius 1 is 1.10 bits per heavy atom. The number of anilines is 1. The molecular formula is C19H18N4O4S2. The number of aromatic nitrogens is 3. The van der Waals surface area contributed by atoms with Gasteiger partial charge >= 0.3 is 0 Å². The second-order valence-corrected chi connectivity index (χ2v) is 8.62. The molecule has 2 aromatic carbocycles. The van der Waals surface area contributed by atoms with Gasteiger partial charge in [-0.1, -0.05) is 12.1 Å². The first-order valence-corrected chi connectivity index (χ1v) is 10.9. The van der Waals surface area contributed by atoms with Crippen molar-refractivity contribution < 1.29 is 17.9 Å². The highest BCUT2D eigenvalue weighted by Crippen LogP contribution is 2.37. The van der Waals surface area contributed by atoms with Gasteiger partial charge in [0.15, 0.2) is 5.82 Å². The van der Waals surface area contributed by atoms with Crippen LogP contribution in [0, 0.1) is 0 Å². The summed E-state index contributed by atoms with van der Waals surface area (Å²) >= 11 is 1.20. The first-order chi connectivity index (χ1) is 14.0. The van der Waals surface area contributed by atoms with Crippen LogP contribution in [-0.4, -0.2) is 36.8 Å². The maximum atomic E-state index is 12.9. The zero-order valence-electron chi connectivity index (χ0n) is 15.7. The van der Waals surface area contributed by atoms with Crippen LogP contribution in [0.2, 0.25) is 0 Å². The SMILES string of the molecule is COc1ccccc1S(=O)(=O)Nc1nsc2cc(Cn3cccn3)cc(OC)c12. The molecule has 2 aromatic heterocycles. The van der Waals surface area contributed by atoms with Gasteiger partial charge in [-0.3, -0.25) is 9.40 Å². The van der Waals surface area contributed by atoms with Crippen molar-refractivity contribution in [2.45, 2.75) is 11.4 Å². The Kier molecular flexibility index (Phi) is 5.12. The molecule has 0 radical (unpaired) electrons. The number of nitrogens with zero attached hydrogens (tertiary/aromatic N) is 3. The second kappa shape index (κ2) is 7.72. The molecule has 0 amide bonds. The van der Waals surface area contributed by atoms with Gasteiger partial charge < -0.3 is 9.47 Å². The molecule has 0 bridgehead atoms. The van der Waals surface area contributed by atoms with E-state index in [0.717, 1.165) is 10.3 Å². The van der Waals surface area contributed by atoms with Gasteiger partial charge in [0.1, 0.15) is 16.4 Å². The Hall–Kier alpha value is -3.11. The molecule has 0 aliphatic rings. The van der Waals surface area contributed by atoms with Crippen LogP contribution in [0.15, 0.2) is 59.8 Å². The Balaban J connectivity index is 1.73. The summed E-state index contributed by atoms with van der Waals surface area (Å²) in [6, 6.07) is 12.1. The molecule has 29 heavy (non-hydrogen) atoms. The molecule has 0 aliphatic heterocycles. The molecule has 0 saturated carbocycles. The standard InChI is InChI=1S/C19H18N4O4S2/c1-26-14-6-3-4-7-17(14)29(24,25)22-19-18-15(27-2)10-13(11-16(18)28-21-19)12-23-9-5-8-20-23/h3-11H,12H2,1-2H3,(H,21,22). The van der Waals surface area contributed by atoms with E-state index in [4.69, 9.17) is 9.47 Å². The zero-order chi connectivity index (χ0) is 20.4. The minimum Gasteiger partial charge on any atom is -0.496 e. The normalized spacial score (nSPS) is 11.5. The maximum absolute atomic E-state index is 12.9. The zero-order valence-corrected chi connectivity index (χ0v) is 17.3. The number of nitrogens with one attached hydrogen (secondary N) is 1. The highest BCUT2D eigenvalue weighted by molar-refractivity contribution is 7.92. The van der Waals surface area contributed by atoms with Crippen LogP contribution < -0.4 is 14.2 Å². The van der Waals surface area contributed by atoms with E-state index in [1.807, 2.05) is 24.4 Å². The quantitative estimate of drug-likeness (QED) is 0.483. The third-order valence-corrected chi connectivity index (χ3v) is 6.48. The van der Waals surface area contributed by atoms with E-state index in [-0.39, 0.29) is 16.5 Å². The number of benzene rings is 2. The fraction of sp³-hybridized carbons (Fsp3) is 0.158. The van der Waals surface area contributed by atoms with Crippen molar-refractivity contribution in [2.75, 3.05) is 18.9 Å². The first kappa shape index (κ1) is 19.2. The number of hydrogen-bond donors (Lipinski definition) is 1. The molecule has 0 unspecified atom stereocenters. The lowest BCUT2D eigenvalue weighted by Crippen LogP contribution is -2.14. The monoisotopic (exact) mass is 430 g/mol. The fourth-order valence-corrected chi connectivity index (χ4v) is 5.08. The summed E-state index contributed by atoms with van der Waals surface area (Å²) in [5.41, 5.74) is 0.973. The topological polar surface area (TPSA) is 95.3 Å². The maximum Gasteiger partial charge on any atom is 0.266 e. The molecule has 4 aromatic rings. The van der Waals surface area contributed by atoms with Gasteiger partial charge in [0.05, 0.1) is 30.9 Å². The summed E-state index contributed by atoms with van der Waals surface area (Å²) < 4.78 is 46.0. The average molecular weight is 431 g/mol. The van der Waals surface area contributed by atoms with Crippen LogP contribution in [-0.2, 0) is 16.6 Å². The van der Waals surface area contributed by atoms with Gasteiger partial charge in [-0.2, -0.15) is 9.47 Å². The van der Waals surface area contributed by atoms with Crippen molar-refractivity contribution >= 4 is 37.5 Å². The summed E-state index contributed by atoms with van der Waals surface area (Å²) in [5, 5.41) is 4.82. The van der Waals surface area contributed by atoms with E-state index < -0.39 is 10.0 Å². The van der Waals surface area contributed by atoms with Crippen LogP contribution in [0.5, 0.6) is 11.5 Å². The molecule has 0 spiro atoms. The number of rotatable bonds is 7. The minimum absolute atomic E-state index is 0.0397. The fourth-order valence-electron chi connectivity index (χ4n) is 3.02. The predicted octanol–water partition coefficient (Wildman–Crippen LogP) is 3.36. The van der Waals surface area contributed by atoms with E-state index in [0.29, 0.717) is 17.7 Å². The number of methoxy groups -OCH3 is 2. The summed E-state index contributed by atoms with van der Waals surface area (Å²) in [6.07, 6.45) is 3.59. The first-order valence-electron chi connectivity index (χ1n) is 8.61. The van der Waals surface area contributed by atoms with E-state index in [9.17, 15) is 8.42 Å². The van der Waals surface area contributed by atoms with E-state index in [1.54, 1.807) is 36.2 Å². The van der Waals surface area contributed by atoms with Crippen LogP contribution in [0.3, 0.4) is 0 Å². The van der Waals surface area contributed by atoms with Crippen molar-refractivity contribution in [3.8, 4) is 11.5 Å². The van der Waals surface area contributed by atoms with Gasteiger partial charge in [0.2, 0.25) is 0 Å². The van der Waals surface area contributed by atoms with Crippen molar-refractivity contribution in [1.29, 1.82) is 0 Å². The Labute approximate surface area is 171 Å². The van der Waals surface area contributed by atoms with Gasteiger partial charge in [-0.15, -0.1) is 0 Å². The minimum atomic E-state index is -3.89. The number of para-hydroxylation sites is 1. The largest absolute Gasteiger partial charge is 0.496 e. The smallest absolute Gasteiger partial charge is 0.266 e. The molecular weight excluding hydrogens is 412 g/mol. The molecule has 0 atom stereocenters. The molecule has 0 saturated heterocycles. The summed E-state index contributed by atoms with van der Waals surface area (Å²) in [7, 11) is -0.922. The summed E-state index contributed by atoms with van der Waals surface area (Å²) in [5.74, 6) is 1.02. The molecule has 150 valence electrons.